The van der Waals surface area contributed by atoms with Gasteiger partial charge in [-0.05, 0) is 6.42 Å². The van der Waals surface area contributed by atoms with Crippen LogP contribution in [0.1, 0.15) is 6.42 Å². The smallest absolute Gasteiger partial charge is 0.748 e. The molecule has 0 aliphatic heterocycles. The Kier molecular flexibility index (Phi) is 10.7. The maximum absolute atomic E-state index is 10.1. The summed E-state index contributed by atoms with van der Waals surface area (Å²) in [7, 11) is -2.13. The summed E-state index contributed by atoms with van der Waals surface area (Å²) in [5.74, 6) is 0.0361. The second-order valence-corrected chi connectivity index (χ2v) is 5.78. The van der Waals surface area contributed by atoms with Crippen molar-refractivity contribution in [3.8, 4) is 0 Å². The molecule has 1 amide bonds. The molecule has 9 heteroatoms. The normalized spacial score (nSPS) is 10.5. The second-order valence-electron chi connectivity index (χ2n) is 1.84. The van der Waals surface area contributed by atoms with E-state index in [4.69, 9.17) is 5.73 Å². The fourth-order valence-electron chi connectivity index (χ4n) is 0.394. The molecule has 0 spiro atoms. The number of amides is 1. The van der Waals surface area contributed by atoms with Crippen molar-refractivity contribution in [3.05, 3.63) is 0 Å². The summed E-state index contributed by atoms with van der Waals surface area (Å²) >= 11 is 0. The molecular formula is C4H8NNaO4S3. The predicted molar refractivity (Wildman–Crippen MR) is 48.8 cm³/mol. The molecule has 0 unspecified atom stereocenters. The first kappa shape index (κ1) is 16.5. The Bertz CT molecular complexity index is 242. The van der Waals surface area contributed by atoms with E-state index in [1.54, 1.807) is 0 Å². The number of hydrogen-bond acceptors (Lipinski definition) is 6. The van der Waals surface area contributed by atoms with Gasteiger partial charge in [-0.2, -0.15) is 0 Å². The van der Waals surface area contributed by atoms with Crippen LogP contribution in [-0.4, -0.2) is 29.7 Å². The van der Waals surface area contributed by atoms with E-state index in [0.717, 1.165) is 21.6 Å². The monoisotopic (exact) mass is 253 g/mol. The third-order valence-electron chi connectivity index (χ3n) is 0.763. The molecule has 0 bridgehead atoms. The molecule has 0 atom stereocenters. The molecule has 5 nitrogen and oxygen atoms in total. The number of primary amides is 1. The van der Waals surface area contributed by atoms with Crippen LogP contribution in [0.25, 0.3) is 0 Å². The number of carbonyl (C=O) groups is 1. The van der Waals surface area contributed by atoms with Crippen LogP contribution in [0.15, 0.2) is 0 Å². The quantitative estimate of drug-likeness (QED) is 0.249. The molecule has 0 aromatic heterocycles. The average molecular weight is 253 g/mol. The SMILES string of the molecule is NC(=O)SSCCCS(=O)(=O)[O-].[Na+]. The van der Waals surface area contributed by atoms with E-state index in [0.29, 0.717) is 5.75 Å². The third kappa shape index (κ3) is 15.8. The molecule has 72 valence electrons. The Labute approximate surface area is 107 Å². The van der Waals surface area contributed by atoms with Gasteiger partial charge < -0.3 is 10.3 Å². The Morgan fingerprint density at radius 2 is 2.00 bits per heavy atom. The van der Waals surface area contributed by atoms with Crippen molar-refractivity contribution in [1.29, 1.82) is 0 Å². The van der Waals surface area contributed by atoms with Crippen molar-refractivity contribution in [1.82, 2.24) is 0 Å². The Balaban J connectivity index is 0. The van der Waals surface area contributed by atoms with Gasteiger partial charge in [-0.3, -0.25) is 4.79 Å². The zero-order valence-electron chi connectivity index (χ0n) is 7.06. The van der Waals surface area contributed by atoms with Crippen molar-refractivity contribution in [2.75, 3.05) is 11.5 Å². The number of carbonyl (C=O) groups excluding carboxylic acids is 1. The molecule has 2 N–H and O–H groups in total. The molecule has 0 saturated heterocycles. The largest absolute Gasteiger partial charge is 1.00 e. The van der Waals surface area contributed by atoms with E-state index in [1.165, 1.54) is 0 Å². The van der Waals surface area contributed by atoms with E-state index in [9.17, 15) is 17.8 Å². The van der Waals surface area contributed by atoms with Crippen LogP contribution in [0.5, 0.6) is 0 Å². The van der Waals surface area contributed by atoms with Crippen LogP contribution in [0.2, 0.25) is 0 Å². The van der Waals surface area contributed by atoms with Crippen molar-refractivity contribution >= 4 is 36.9 Å². The van der Waals surface area contributed by atoms with Crippen LogP contribution < -0.4 is 35.3 Å². The van der Waals surface area contributed by atoms with E-state index in [1.807, 2.05) is 0 Å². The third-order valence-corrected chi connectivity index (χ3v) is 3.64. The minimum Gasteiger partial charge on any atom is -0.748 e. The first-order valence-electron chi connectivity index (χ1n) is 2.94. The number of rotatable bonds is 5. The van der Waals surface area contributed by atoms with Gasteiger partial charge in [-0.25, -0.2) is 8.42 Å². The molecular weight excluding hydrogens is 245 g/mol. The van der Waals surface area contributed by atoms with Crippen molar-refractivity contribution in [3.63, 3.8) is 0 Å². The molecule has 0 aromatic rings. The predicted octanol–water partition coefficient (Wildman–Crippen LogP) is -2.61. The van der Waals surface area contributed by atoms with Gasteiger partial charge in [0.25, 0.3) is 5.24 Å². The summed E-state index contributed by atoms with van der Waals surface area (Å²) in [5, 5.41) is -0.523. The summed E-state index contributed by atoms with van der Waals surface area (Å²) < 4.78 is 30.2. The van der Waals surface area contributed by atoms with Gasteiger partial charge in [0.2, 0.25) is 0 Å². The van der Waals surface area contributed by atoms with E-state index >= 15 is 0 Å². The molecule has 0 aliphatic carbocycles. The van der Waals surface area contributed by atoms with Crippen molar-refractivity contribution in [2.45, 2.75) is 6.42 Å². The van der Waals surface area contributed by atoms with Crippen molar-refractivity contribution in [2.24, 2.45) is 5.73 Å². The van der Waals surface area contributed by atoms with Crippen LogP contribution in [0, 0.1) is 0 Å². The van der Waals surface area contributed by atoms with Crippen LogP contribution in [0.4, 0.5) is 4.79 Å². The molecule has 0 aromatic carbocycles. The first-order valence-corrected chi connectivity index (χ1v) is 6.84. The van der Waals surface area contributed by atoms with Gasteiger partial charge in [0, 0.05) is 22.3 Å². The van der Waals surface area contributed by atoms with E-state index in [-0.39, 0.29) is 41.7 Å². The van der Waals surface area contributed by atoms with Gasteiger partial charge in [-0.1, -0.05) is 10.8 Å². The molecule has 0 saturated carbocycles. The maximum atomic E-state index is 10.1. The average Bonchev–Trinajstić information content (AvgIpc) is 1.83. The summed E-state index contributed by atoms with van der Waals surface area (Å²) in [4.78, 5) is 10.1. The molecule has 13 heavy (non-hydrogen) atoms. The zero-order valence-corrected chi connectivity index (χ0v) is 11.5. The van der Waals surface area contributed by atoms with E-state index < -0.39 is 15.4 Å². The Morgan fingerprint density at radius 3 is 2.38 bits per heavy atom. The summed E-state index contributed by atoms with van der Waals surface area (Å²) in [5.41, 5.74) is 4.78. The van der Waals surface area contributed by atoms with Gasteiger partial charge in [-0.15, -0.1) is 0 Å². The van der Waals surface area contributed by atoms with E-state index in [2.05, 4.69) is 0 Å². The van der Waals surface area contributed by atoms with Crippen LogP contribution >= 0.6 is 21.6 Å². The fourth-order valence-corrected chi connectivity index (χ4v) is 2.49. The topological polar surface area (TPSA) is 100 Å². The van der Waals surface area contributed by atoms with Crippen molar-refractivity contribution < 1.29 is 47.3 Å². The fraction of sp³-hybridized carbons (Fsp3) is 0.750. The van der Waals surface area contributed by atoms with Crippen LogP contribution in [0.3, 0.4) is 0 Å². The number of hydrogen-bond donors (Lipinski definition) is 1. The Morgan fingerprint density at radius 1 is 1.46 bits per heavy atom. The second kappa shape index (κ2) is 8.39. The summed E-state index contributed by atoms with van der Waals surface area (Å²) in [6.07, 6.45) is 0.247. The van der Waals surface area contributed by atoms with Gasteiger partial charge in [0.15, 0.2) is 0 Å². The minimum absolute atomic E-state index is 0. The Hall–Kier alpha value is 1.08. The standard InChI is InChI=1S/C4H9NO4S3.Na/c5-4(6)11-10-2-1-3-12(7,8)9;/h1-3H2,(H2,5,6)(H,7,8,9);/q;+1/p-1. The van der Waals surface area contributed by atoms with Gasteiger partial charge in [0.1, 0.15) is 0 Å². The zero-order chi connectivity index (χ0) is 9.61. The summed E-state index contributed by atoms with van der Waals surface area (Å²) in [6.45, 7) is 0. The molecule has 0 rings (SSSR count). The minimum atomic E-state index is -4.11. The maximum Gasteiger partial charge on any atom is 1.00 e. The number of nitrogens with two attached hydrogens (primary N) is 1. The molecule has 0 aliphatic rings. The molecule has 0 radical (unpaired) electrons. The van der Waals surface area contributed by atoms with Gasteiger partial charge in [0.05, 0.1) is 10.1 Å². The van der Waals surface area contributed by atoms with Gasteiger partial charge >= 0.3 is 29.6 Å². The first-order chi connectivity index (χ1) is 5.42. The summed E-state index contributed by atoms with van der Waals surface area (Å²) in [6, 6.07) is 0. The van der Waals surface area contributed by atoms with Crippen LogP contribution in [-0.2, 0) is 10.1 Å². The molecule has 0 heterocycles. The molecule has 0 fully saturated rings.